The van der Waals surface area contributed by atoms with E-state index in [9.17, 15) is 4.79 Å². The molecule has 1 saturated heterocycles. The normalized spacial score (nSPS) is 21.9. The monoisotopic (exact) mass is 241 g/mol. The Balaban J connectivity index is 2.22. The summed E-state index contributed by atoms with van der Waals surface area (Å²) in [5, 5.41) is 3.81. The van der Waals surface area contributed by atoms with Gasteiger partial charge in [0, 0.05) is 29.0 Å². The number of hydrogen-bond donors (Lipinski definition) is 1. The number of halogens is 1. The Bertz CT molecular complexity index is 369. The standard InChI is InChI=1S/C11H12ClNOS/c12-9-4-2-1-3-8(9)10-7-11(14)13-5-6-15-10/h1-4,10H,5-7H2,(H,13,14)/t10-/m0/s1. The van der Waals surface area contributed by atoms with Gasteiger partial charge >= 0.3 is 0 Å². The molecule has 4 heteroatoms. The molecule has 1 N–H and O–H groups in total. The highest BCUT2D eigenvalue weighted by Crippen LogP contribution is 2.36. The molecule has 2 rings (SSSR count). The van der Waals surface area contributed by atoms with Crippen LogP contribution in [-0.4, -0.2) is 18.2 Å². The molecule has 80 valence electrons. The lowest BCUT2D eigenvalue weighted by Gasteiger charge is -2.13. The fourth-order valence-electron chi connectivity index (χ4n) is 1.63. The molecule has 0 spiro atoms. The molecule has 0 aliphatic carbocycles. The predicted octanol–water partition coefficient (Wildman–Crippen LogP) is 2.63. The van der Waals surface area contributed by atoms with Crippen LogP contribution < -0.4 is 5.32 Å². The highest BCUT2D eigenvalue weighted by atomic mass is 35.5. The largest absolute Gasteiger partial charge is 0.355 e. The first-order valence-electron chi connectivity index (χ1n) is 4.90. The van der Waals surface area contributed by atoms with Crippen molar-refractivity contribution < 1.29 is 4.79 Å². The number of amides is 1. The van der Waals surface area contributed by atoms with Crippen molar-refractivity contribution in [3.63, 3.8) is 0 Å². The average molecular weight is 242 g/mol. The van der Waals surface area contributed by atoms with Gasteiger partial charge in [0.15, 0.2) is 0 Å². The van der Waals surface area contributed by atoms with Gasteiger partial charge in [0.1, 0.15) is 0 Å². The fraction of sp³-hybridized carbons (Fsp3) is 0.364. The first kappa shape index (κ1) is 10.8. The fourth-order valence-corrected chi connectivity index (χ4v) is 3.12. The summed E-state index contributed by atoms with van der Waals surface area (Å²) in [6, 6.07) is 7.75. The van der Waals surface area contributed by atoms with Crippen molar-refractivity contribution in [2.75, 3.05) is 12.3 Å². The number of thioether (sulfide) groups is 1. The van der Waals surface area contributed by atoms with Gasteiger partial charge in [0.05, 0.1) is 0 Å². The number of hydrogen-bond acceptors (Lipinski definition) is 2. The Morgan fingerprint density at radius 3 is 3.00 bits per heavy atom. The van der Waals surface area contributed by atoms with Crippen molar-refractivity contribution >= 4 is 29.3 Å². The summed E-state index contributed by atoms with van der Waals surface area (Å²) in [6.45, 7) is 0.754. The van der Waals surface area contributed by atoms with Crippen LogP contribution in [0, 0.1) is 0 Å². The van der Waals surface area contributed by atoms with Crippen LogP contribution in [0.4, 0.5) is 0 Å². The quantitative estimate of drug-likeness (QED) is 0.819. The minimum atomic E-state index is 0.116. The van der Waals surface area contributed by atoms with Crippen molar-refractivity contribution in [2.45, 2.75) is 11.7 Å². The first-order chi connectivity index (χ1) is 7.27. The van der Waals surface area contributed by atoms with Crippen LogP contribution in [0.2, 0.25) is 5.02 Å². The second-order valence-corrected chi connectivity index (χ2v) is 5.15. The summed E-state index contributed by atoms with van der Waals surface area (Å²) in [5.74, 6) is 1.06. The highest BCUT2D eigenvalue weighted by Gasteiger charge is 2.21. The molecule has 0 unspecified atom stereocenters. The van der Waals surface area contributed by atoms with Gasteiger partial charge in [-0.1, -0.05) is 29.8 Å². The number of carbonyl (C=O) groups is 1. The molecule has 0 saturated carbocycles. The molecular weight excluding hydrogens is 230 g/mol. The predicted molar refractivity (Wildman–Crippen MR) is 64.3 cm³/mol. The molecule has 1 aromatic rings. The van der Waals surface area contributed by atoms with E-state index in [-0.39, 0.29) is 11.2 Å². The van der Waals surface area contributed by atoms with Crippen LogP contribution in [0.25, 0.3) is 0 Å². The maximum atomic E-state index is 11.4. The van der Waals surface area contributed by atoms with Crippen LogP contribution in [0.1, 0.15) is 17.2 Å². The van der Waals surface area contributed by atoms with Gasteiger partial charge in [0.25, 0.3) is 0 Å². The lowest BCUT2D eigenvalue weighted by molar-refractivity contribution is -0.120. The third-order valence-corrected chi connectivity index (χ3v) is 3.97. The molecular formula is C11H12ClNOS. The van der Waals surface area contributed by atoms with Crippen LogP contribution in [0.3, 0.4) is 0 Å². The summed E-state index contributed by atoms with van der Waals surface area (Å²) in [5.41, 5.74) is 1.07. The summed E-state index contributed by atoms with van der Waals surface area (Å²) in [4.78, 5) is 11.4. The van der Waals surface area contributed by atoms with Crippen molar-refractivity contribution in [1.29, 1.82) is 0 Å². The maximum Gasteiger partial charge on any atom is 0.221 e. The van der Waals surface area contributed by atoms with E-state index in [0.29, 0.717) is 6.42 Å². The van der Waals surface area contributed by atoms with E-state index >= 15 is 0 Å². The van der Waals surface area contributed by atoms with E-state index in [1.165, 1.54) is 0 Å². The van der Waals surface area contributed by atoms with Crippen molar-refractivity contribution in [1.82, 2.24) is 5.32 Å². The topological polar surface area (TPSA) is 29.1 Å². The molecule has 1 amide bonds. The Morgan fingerprint density at radius 1 is 1.40 bits per heavy atom. The van der Waals surface area contributed by atoms with E-state index in [1.807, 2.05) is 24.3 Å². The van der Waals surface area contributed by atoms with Gasteiger partial charge in [-0.15, -0.1) is 0 Å². The van der Waals surface area contributed by atoms with Gasteiger partial charge < -0.3 is 5.32 Å². The van der Waals surface area contributed by atoms with Crippen molar-refractivity contribution in [2.24, 2.45) is 0 Å². The van der Waals surface area contributed by atoms with Gasteiger partial charge in [0.2, 0.25) is 5.91 Å². The van der Waals surface area contributed by atoms with Gasteiger partial charge in [-0.3, -0.25) is 4.79 Å². The summed E-state index contributed by atoms with van der Waals surface area (Å²) < 4.78 is 0. The van der Waals surface area contributed by atoms with Gasteiger partial charge in [-0.25, -0.2) is 0 Å². The van der Waals surface area contributed by atoms with E-state index in [1.54, 1.807) is 11.8 Å². The lowest BCUT2D eigenvalue weighted by Crippen LogP contribution is -2.23. The van der Waals surface area contributed by atoms with Crippen LogP contribution >= 0.6 is 23.4 Å². The maximum absolute atomic E-state index is 11.4. The molecule has 1 aliphatic heterocycles. The van der Waals surface area contributed by atoms with E-state index in [0.717, 1.165) is 22.9 Å². The molecule has 0 aromatic heterocycles. The molecule has 0 radical (unpaired) electrons. The highest BCUT2D eigenvalue weighted by molar-refractivity contribution is 7.99. The van der Waals surface area contributed by atoms with E-state index in [2.05, 4.69) is 5.32 Å². The smallest absolute Gasteiger partial charge is 0.221 e. The number of rotatable bonds is 1. The van der Waals surface area contributed by atoms with E-state index in [4.69, 9.17) is 11.6 Å². The summed E-state index contributed by atoms with van der Waals surface area (Å²) in [6.07, 6.45) is 0.522. The Kier molecular flexibility index (Phi) is 3.54. The Hall–Kier alpha value is -0.670. The average Bonchev–Trinajstić information content (AvgIpc) is 2.43. The number of carbonyl (C=O) groups excluding carboxylic acids is 1. The molecule has 1 heterocycles. The molecule has 1 aromatic carbocycles. The molecule has 1 aliphatic rings. The molecule has 2 nitrogen and oxygen atoms in total. The zero-order valence-corrected chi connectivity index (χ0v) is 9.77. The minimum Gasteiger partial charge on any atom is -0.355 e. The van der Waals surface area contributed by atoms with Gasteiger partial charge in [-0.05, 0) is 11.6 Å². The zero-order valence-electron chi connectivity index (χ0n) is 8.20. The minimum absolute atomic E-state index is 0.116. The van der Waals surface area contributed by atoms with Gasteiger partial charge in [-0.2, -0.15) is 11.8 Å². The summed E-state index contributed by atoms with van der Waals surface area (Å²) >= 11 is 7.90. The Morgan fingerprint density at radius 2 is 2.20 bits per heavy atom. The molecule has 15 heavy (non-hydrogen) atoms. The third kappa shape index (κ3) is 2.67. The SMILES string of the molecule is O=C1C[C@@H](c2ccccc2Cl)SCCN1. The van der Waals surface area contributed by atoms with Crippen molar-refractivity contribution in [3.8, 4) is 0 Å². The molecule has 1 fully saturated rings. The second kappa shape index (κ2) is 4.90. The third-order valence-electron chi connectivity index (χ3n) is 2.37. The number of benzene rings is 1. The van der Waals surface area contributed by atoms with Crippen molar-refractivity contribution in [3.05, 3.63) is 34.9 Å². The number of nitrogens with one attached hydrogen (secondary N) is 1. The van der Waals surface area contributed by atoms with Crippen LogP contribution in [0.15, 0.2) is 24.3 Å². The summed E-state index contributed by atoms with van der Waals surface area (Å²) in [7, 11) is 0. The lowest BCUT2D eigenvalue weighted by atomic mass is 10.1. The van der Waals surface area contributed by atoms with E-state index < -0.39 is 0 Å². The second-order valence-electron chi connectivity index (χ2n) is 3.44. The molecule has 1 atom stereocenters. The molecule has 0 bridgehead atoms. The van der Waals surface area contributed by atoms with Crippen LogP contribution in [0.5, 0.6) is 0 Å². The Labute approximate surface area is 98.4 Å². The van der Waals surface area contributed by atoms with Crippen LogP contribution in [-0.2, 0) is 4.79 Å². The zero-order chi connectivity index (χ0) is 10.7. The first-order valence-corrected chi connectivity index (χ1v) is 6.33.